The Morgan fingerprint density at radius 1 is 1.26 bits per heavy atom. The largest absolute Gasteiger partial charge is 0.479 e. The lowest BCUT2D eigenvalue weighted by Gasteiger charge is -2.58. The number of hydrogen-bond acceptors (Lipinski definition) is 4. The smallest absolute Gasteiger partial charge is 0.330 e. The van der Waals surface area contributed by atoms with Gasteiger partial charge in [-0.15, -0.1) is 0 Å². The van der Waals surface area contributed by atoms with E-state index in [4.69, 9.17) is 4.74 Å². The summed E-state index contributed by atoms with van der Waals surface area (Å²) >= 11 is 0. The summed E-state index contributed by atoms with van der Waals surface area (Å²) in [7, 11) is 3.32. The summed E-state index contributed by atoms with van der Waals surface area (Å²) in [4.78, 5) is 36.8. The molecule has 2 N–H and O–H groups in total. The number of carbonyl (C=O) groups is 3. The van der Waals surface area contributed by atoms with Crippen LogP contribution in [0.1, 0.15) is 46.5 Å². The van der Waals surface area contributed by atoms with Crippen LogP contribution in [0.4, 0.5) is 0 Å². The van der Waals surface area contributed by atoms with Crippen molar-refractivity contribution in [2.75, 3.05) is 20.7 Å². The van der Waals surface area contributed by atoms with Crippen molar-refractivity contribution < 1.29 is 24.2 Å². The molecule has 0 spiro atoms. The zero-order valence-corrected chi connectivity index (χ0v) is 14.6. The van der Waals surface area contributed by atoms with Crippen molar-refractivity contribution in [3.05, 3.63) is 0 Å². The number of nitrogens with zero attached hydrogens (tertiary/aromatic N) is 1. The van der Waals surface area contributed by atoms with Crippen LogP contribution in [-0.2, 0) is 19.1 Å². The van der Waals surface area contributed by atoms with Crippen molar-refractivity contribution in [3.8, 4) is 0 Å². The molecule has 2 unspecified atom stereocenters. The zero-order valence-electron chi connectivity index (χ0n) is 14.6. The molecule has 0 aliphatic heterocycles. The monoisotopic (exact) mass is 328 g/mol. The standard InChI is InChI=1S/C16H28N2O5/c1-6-23-11-10-16(14(21)22,15(11,2)3)17-12(19)8-7-9-13(20)18(4)5/h11H,6-10H2,1-5H3,(H,17,19)(H,21,22). The maximum absolute atomic E-state index is 12.1. The highest BCUT2D eigenvalue weighted by Gasteiger charge is 2.66. The summed E-state index contributed by atoms with van der Waals surface area (Å²) in [5.41, 5.74) is -2.00. The van der Waals surface area contributed by atoms with Crippen LogP contribution in [0.5, 0.6) is 0 Å². The van der Waals surface area contributed by atoms with Crippen LogP contribution in [0.2, 0.25) is 0 Å². The molecule has 7 nitrogen and oxygen atoms in total. The van der Waals surface area contributed by atoms with Gasteiger partial charge < -0.3 is 20.1 Å². The first-order chi connectivity index (χ1) is 10.6. The number of nitrogens with one attached hydrogen (secondary N) is 1. The van der Waals surface area contributed by atoms with Crippen LogP contribution in [-0.4, -0.2) is 60.1 Å². The van der Waals surface area contributed by atoms with E-state index in [1.165, 1.54) is 4.90 Å². The van der Waals surface area contributed by atoms with Crippen LogP contribution in [0.25, 0.3) is 0 Å². The number of carboxylic acid groups (broad SMARTS) is 1. The molecule has 0 bridgehead atoms. The third-order valence-corrected chi connectivity index (χ3v) is 4.78. The van der Waals surface area contributed by atoms with E-state index in [0.29, 0.717) is 13.0 Å². The van der Waals surface area contributed by atoms with Gasteiger partial charge in [-0.05, 0) is 13.3 Å². The van der Waals surface area contributed by atoms with Crippen molar-refractivity contribution in [3.63, 3.8) is 0 Å². The quantitative estimate of drug-likeness (QED) is 0.693. The summed E-state index contributed by atoms with van der Waals surface area (Å²) in [5.74, 6) is -1.44. The maximum atomic E-state index is 12.1. The Kier molecular flexibility index (Phi) is 6.16. The average molecular weight is 328 g/mol. The second-order valence-electron chi connectivity index (χ2n) is 6.77. The SMILES string of the molecule is CCOC1CC(NC(=O)CCCC(=O)N(C)C)(C(=O)O)C1(C)C. The molecule has 0 aromatic heterocycles. The fourth-order valence-electron chi connectivity index (χ4n) is 2.96. The molecule has 1 aliphatic rings. The molecule has 1 fully saturated rings. The number of aliphatic carboxylic acids is 1. The lowest BCUT2D eigenvalue weighted by Crippen LogP contribution is -2.76. The Balaban J connectivity index is 2.63. The van der Waals surface area contributed by atoms with E-state index in [1.54, 1.807) is 27.9 Å². The molecule has 132 valence electrons. The van der Waals surface area contributed by atoms with Crippen LogP contribution in [0.15, 0.2) is 0 Å². The summed E-state index contributed by atoms with van der Waals surface area (Å²) in [6.07, 6.45) is 0.855. The first-order valence-corrected chi connectivity index (χ1v) is 7.94. The van der Waals surface area contributed by atoms with Gasteiger partial charge in [0, 0.05) is 45.4 Å². The normalized spacial score (nSPS) is 25.3. The van der Waals surface area contributed by atoms with Gasteiger partial charge in [-0.1, -0.05) is 13.8 Å². The van der Waals surface area contributed by atoms with E-state index in [1.807, 2.05) is 6.92 Å². The first-order valence-electron chi connectivity index (χ1n) is 7.94. The molecule has 1 aliphatic carbocycles. The van der Waals surface area contributed by atoms with E-state index in [9.17, 15) is 19.5 Å². The topological polar surface area (TPSA) is 95.9 Å². The molecule has 1 rings (SSSR count). The number of amides is 2. The predicted molar refractivity (Wildman–Crippen MR) is 84.9 cm³/mol. The van der Waals surface area contributed by atoms with Gasteiger partial charge in [-0.25, -0.2) is 4.79 Å². The van der Waals surface area contributed by atoms with E-state index >= 15 is 0 Å². The zero-order chi connectivity index (χ0) is 17.8. The van der Waals surface area contributed by atoms with E-state index in [0.717, 1.165) is 0 Å². The Morgan fingerprint density at radius 2 is 1.87 bits per heavy atom. The molecule has 2 amide bonds. The number of rotatable bonds is 8. The maximum Gasteiger partial charge on any atom is 0.330 e. The lowest BCUT2D eigenvalue weighted by atomic mass is 9.54. The molecule has 23 heavy (non-hydrogen) atoms. The number of carboxylic acids is 1. The van der Waals surface area contributed by atoms with Crippen molar-refractivity contribution in [2.24, 2.45) is 5.41 Å². The predicted octanol–water partition coefficient (Wildman–Crippen LogP) is 1.02. The Morgan fingerprint density at radius 3 is 2.30 bits per heavy atom. The third-order valence-electron chi connectivity index (χ3n) is 4.78. The summed E-state index contributed by atoms with van der Waals surface area (Å²) < 4.78 is 5.55. The molecule has 0 heterocycles. The van der Waals surface area contributed by atoms with Gasteiger partial charge in [-0.2, -0.15) is 0 Å². The minimum Gasteiger partial charge on any atom is -0.479 e. The Bertz CT molecular complexity index is 475. The van der Waals surface area contributed by atoms with Gasteiger partial charge in [0.15, 0.2) is 0 Å². The number of hydrogen-bond donors (Lipinski definition) is 2. The fourth-order valence-corrected chi connectivity index (χ4v) is 2.96. The number of carbonyl (C=O) groups excluding carboxylic acids is 2. The van der Waals surface area contributed by atoms with Crippen molar-refractivity contribution in [1.29, 1.82) is 0 Å². The molecular weight excluding hydrogens is 300 g/mol. The summed E-state index contributed by atoms with van der Waals surface area (Å²) in [5, 5.41) is 12.3. The van der Waals surface area contributed by atoms with E-state index in [2.05, 4.69) is 5.32 Å². The van der Waals surface area contributed by atoms with Crippen LogP contribution < -0.4 is 5.32 Å². The molecule has 2 atom stereocenters. The van der Waals surface area contributed by atoms with Gasteiger partial charge in [0.2, 0.25) is 11.8 Å². The highest BCUT2D eigenvalue weighted by atomic mass is 16.5. The molecule has 0 radical (unpaired) electrons. The van der Waals surface area contributed by atoms with E-state index in [-0.39, 0.29) is 37.2 Å². The first kappa shape index (κ1) is 19.4. The van der Waals surface area contributed by atoms with Gasteiger partial charge in [0.1, 0.15) is 5.54 Å². The second-order valence-corrected chi connectivity index (χ2v) is 6.77. The second kappa shape index (κ2) is 7.29. The van der Waals surface area contributed by atoms with Gasteiger partial charge >= 0.3 is 5.97 Å². The van der Waals surface area contributed by atoms with Crippen LogP contribution in [0, 0.1) is 5.41 Å². The third kappa shape index (κ3) is 3.83. The fraction of sp³-hybridized carbons (Fsp3) is 0.812. The van der Waals surface area contributed by atoms with Crippen LogP contribution in [0.3, 0.4) is 0 Å². The molecule has 7 heteroatoms. The van der Waals surface area contributed by atoms with Gasteiger partial charge in [-0.3, -0.25) is 9.59 Å². The number of ether oxygens (including phenoxy) is 1. The molecule has 0 aromatic carbocycles. The Hall–Kier alpha value is -1.63. The van der Waals surface area contributed by atoms with E-state index < -0.39 is 16.9 Å². The summed E-state index contributed by atoms with van der Waals surface area (Å²) in [6, 6.07) is 0. The molecular formula is C16H28N2O5. The van der Waals surface area contributed by atoms with Crippen molar-refractivity contribution in [2.45, 2.75) is 58.1 Å². The van der Waals surface area contributed by atoms with Gasteiger partial charge in [0.05, 0.1) is 6.10 Å². The highest BCUT2D eigenvalue weighted by Crippen LogP contribution is 2.51. The van der Waals surface area contributed by atoms with Crippen molar-refractivity contribution in [1.82, 2.24) is 10.2 Å². The molecule has 0 aromatic rings. The minimum atomic E-state index is -1.31. The molecule has 0 saturated heterocycles. The minimum absolute atomic E-state index is 0.0499. The van der Waals surface area contributed by atoms with Crippen LogP contribution >= 0.6 is 0 Å². The average Bonchev–Trinajstić information content (AvgIpc) is 2.45. The molecule has 1 saturated carbocycles. The lowest BCUT2D eigenvalue weighted by molar-refractivity contribution is -0.194. The van der Waals surface area contributed by atoms with Crippen molar-refractivity contribution >= 4 is 17.8 Å². The Labute approximate surface area is 137 Å². The summed E-state index contributed by atoms with van der Waals surface area (Å²) in [6.45, 7) is 5.95. The highest BCUT2D eigenvalue weighted by molar-refractivity contribution is 5.89. The van der Waals surface area contributed by atoms with Gasteiger partial charge in [0.25, 0.3) is 0 Å².